The summed E-state index contributed by atoms with van der Waals surface area (Å²) in [6.07, 6.45) is 1.86. The van der Waals surface area contributed by atoms with Crippen LogP contribution in [-0.2, 0) is 9.53 Å². The molecular weight excluding hydrogens is 641 g/mol. The van der Waals surface area contributed by atoms with Crippen LogP contribution in [0.2, 0.25) is 0 Å². The first-order valence-electron chi connectivity index (χ1n) is 15.7. The van der Waals surface area contributed by atoms with Gasteiger partial charge in [-0.2, -0.15) is 0 Å². The highest BCUT2D eigenvalue weighted by atomic mass is 32.1. The van der Waals surface area contributed by atoms with Crippen LogP contribution >= 0.6 is 11.3 Å². The largest absolute Gasteiger partial charge is 0.497 e. The number of carbonyl (C=O) groups is 2. The molecule has 49 heavy (non-hydrogen) atoms. The highest BCUT2D eigenvalue weighted by Crippen LogP contribution is 2.37. The number of carbonyl (C=O) groups excluding carboxylic acids is 2. The van der Waals surface area contributed by atoms with E-state index in [9.17, 15) is 14.4 Å². The number of amides is 1. The minimum atomic E-state index is -0.826. The molecule has 0 aliphatic carbocycles. The molecule has 5 aromatic rings. The van der Waals surface area contributed by atoms with E-state index >= 15 is 0 Å². The van der Waals surface area contributed by atoms with Crippen LogP contribution in [0.4, 0.5) is 5.69 Å². The smallest absolute Gasteiger partial charge is 0.338 e. The molecule has 2 aromatic heterocycles. The number of benzene rings is 3. The van der Waals surface area contributed by atoms with Crippen molar-refractivity contribution in [1.82, 2.24) is 9.13 Å². The molecular formula is C38H36N4O6S. The lowest BCUT2D eigenvalue weighted by Gasteiger charge is -2.26. The van der Waals surface area contributed by atoms with Crippen LogP contribution in [0.3, 0.4) is 0 Å². The first-order valence-corrected chi connectivity index (χ1v) is 16.5. The van der Waals surface area contributed by atoms with E-state index in [1.165, 1.54) is 11.3 Å². The fourth-order valence-electron chi connectivity index (χ4n) is 6.10. The second kappa shape index (κ2) is 13.8. The van der Waals surface area contributed by atoms with Gasteiger partial charge in [-0.1, -0.05) is 29.5 Å². The molecule has 1 aliphatic heterocycles. The van der Waals surface area contributed by atoms with Gasteiger partial charge in [0.1, 0.15) is 17.5 Å². The van der Waals surface area contributed by atoms with Gasteiger partial charge in [-0.05, 0) is 93.9 Å². The second-order valence-corrected chi connectivity index (χ2v) is 12.4. The van der Waals surface area contributed by atoms with Gasteiger partial charge in [-0.15, -0.1) is 0 Å². The third kappa shape index (κ3) is 6.32. The number of allylic oxidation sites excluding steroid dienone is 1. The molecule has 0 bridgehead atoms. The van der Waals surface area contributed by atoms with E-state index in [-0.39, 0.29) is 17.4 Å². The molecule has 250 valence electrons. The summed E-state index contributed by atoms with van der Waals surface area (Å²) in [5.74, 6) is 0.306. The van der Waals surface area contributed by atoms with Gasteiger partial charge in [0.15, 0.2) is 4.80 Å². The fourth-order valence-corrected chi connectivity index (χ4v) is 7.14. The first-order chi connectivity index (χ1) is 23.6. The van der Waals surface area contributed by atoms with Crippen molar-refractivity contribution < 1.29 is 23.8 Å². The SMILES string of the molecule is CCOC(=O)c1ccc(-n2c(C)cc(/C=c3\sc4n(c3=O)[C@H](c3ccc(OC)cc3OC)C(C(=O)Nc3ccccc3)=C(C)N=4)c2C)cc1. The van der Waals surface area contributed by atoms with E-state index in [2.05, 4.69) is 9.88 Å². The average Bonchev–Trinajstić information content (AvgIpc) is 3.56. The number of fused-ring (bicyclic) bond motifs is 1. The predicted octanol–water partition coefficient (Wildman–Crippen LogP) is 5.48. The Labute approximate surface area is 287 Å². The molecule has 1 atom stereocenters. The molecule has 1 N–H and O–H groups in total. The third-order valence-electron chi connectivity index (χ3n) is 8.43. The Bertz CT molecular complexity index is 2280. The second-order valence-electron chi connectivity index (χ2n) is 11.4. The van der Waals surface area contributed by atoms with Gasteiger partial charge in [0.05, 0.1) is 42.2 Å². The van der Waals surface area contributed by atoms with Gasteiger partial charge < -0.3 is 24.1 Å². The molecule has 1 amide bonds. The van der Waals surface area contributed by atoms with Crippen molar-refractivity contribution in [3.63, 3.8) is 0 Å². The van der Waals surface area contributed by atoms with Crippen molar-refractivity contribution in [3.8, 4) is 17.2 Å². The molecule has 3 heterocycles. The van der Waals surface area contributed by atoms with Crippen molar-refractivity contribution >= 4 is 35.0 Å². The van der Waals surface area contributed by atoms with Gasteiger partial charge in [0, 0.05) is 34.4 Å². The summed E-state index contributed by atoms with van der Waals surface area (Å²) in [6.45, 7) is 7.83. The summed E-state index contributed by atoms with van der Waals surface area (Å²) in [7, 11) is 3.11. The standard InChI is InChI=1S/C38H36N4O6S/c1-7-48-37(45)25-13-15-28(16-14-25)41-22(2)19-26(24(41)4)20-32-36(44)42-34(30-18-17-29(46-5)21-31(30)47-6)33(23(3)39-38(42)49-32)35(43)40-27-11-9-8-10-12-27/h8-21,34H,7H2,1-6H3,(H,40,43)/b32-20-/t34-/m1/s1. The number of para-hydroxylation sites is 1. The van der Waals surface area contributed by atoms with Crippen LogP contribution in [0.15, 0.2) is 99.9 Å². The highest BCUT2D eigenvalue weighted by molar-refractivity contribution is 7.07. The normalized spacial score (nSPS) is 14.2. The van der Waals surface area contributed by atoms with Gasteiger partial charge in [-0.25, -0.2) is 9.79 Å². The van der Waals surface area contributed by atoms with Crippen LogP contribution in [0.5, 0.6) is 11.5 Å². The van der Waals surface area contributed by atoms with Crippen molar-refractivity contribution in [3.05, 3.63) is 138 Å². The third-order valence-corrected chi connectivity index (χ3v) is 9.41. The van der Waals surface area contributed by atoms with Crippen molar-refractivity contribution in [2.75, 3.05) is 26.1 Å². The average molecular weight is 677 g/mol. The Morgan fingerprint density at radius 1 is 0.959 bits per heavy atom. The molecule has 0 spiro atoms. The summed E-state index contributed by atoms with van der Waals surface area (Å²) >= 11 is 1.26. The van der Waals surface area contributed by atoms with Crippen molar-refractivity contribution in [2.24, 2.45) is 4.99 Å². The van der Waals surface area contributed by atoms with Gasteiger partial charge >= 0.3 is 5.97 Å². The number of esters is 1. The number of thiazole rings is 1. The number of rotatable bonds is 9. The number of ether oxygens (including phenoxy) is 3. The number of hydrogen-bond acceptors (Lipinski definition) is 8. The Morgan fingerprint density at radius 2 is 1.69 bits per heavy atom. The Balaban J connectivity index is 1.47. The molecule has 0 radical (unpaired) electrons. The number of aryl methyl sites for hydroxylation is 1. The van der Waals surface area contributed by atoms with Crippen LogP contribution < -0.4 is 29.7 Å². The summed E-state index contributed by atoms with van der Waals surface area (Å²) in [6, 6.07) is 22.9. The molecule has 10 nitrogen and oxygen atoms in total. The monoisotopic (exact) mass is 676 g/mol. The minimum absolute atomic E-state index is 0.285. The van der Waals surface area contributed by atoms with E-state index in [0.717, 1.165) is 22.6 Å². The van der Waals surface area contributed by atoms with Crippen molar-refractivity contribution in [1.29, 1.82) is 0 Å². The fraction of sp³-hybridized carbons (Fsp3) is 0.211. The van der Waals surface area contributed by atoms with Gasteiger partial charge in [0.25, 0.3) is 11.5 Å². The van der Waals surface area contributed by atoms with E-state index < -0.39 is 6.04 Å². The quantitative estimate of drug-likeness (QED) is 0.207. The van der Waals surface area contributed by atoms with Gasteiger partial charge in [-0.3, -0.25) is 14.2 Å². The maximum atomic E-state index is 14.4. The molecule has 11 heteroatoms. The van der Waals surface area contributed by atoms with E-state index in [1.54, 1.807) is 69.0 Å². The molecule has 0 saturated carbocycles. The van der Waals surface area contributed by atoms with E-state index in [4.69, 9.17) is 19.2 Å². The summed E-state index contributed by atoms with van der Waals surface area (Å²) < 4.78 is 20.4. The number of nitrogens with one attached hydrogen (secondary N) is 1. The summed E-state index contributed by atoms with van der Waals surface area (Å²) in [5.41, 5.74) is 5.86. The summed E-state index contributed by atoms with van der Waals surface area (Å²) in [4.78, 5) is 45.8. The van der Waals surface area contributed by atoms with Crippen molar-refractivity contribution in [2.45, 2.75) is 33.7 Å². The van der Waals surface area contributed by atoms with Crippen LogP contribution in [0, 0.1) is 13.8 Å². The van der Waals surface area contributed by atoms with Crippen LogP contribution in [0.25, 0.3) is 11.8 Å². The van der Waals surface area contributed by atoms with Gasteiger partial charge in [0.2, 0.25) is 0 Å². The first kappa shape index (κ1) is 33.2. The van der Waals surface area contributed by atoms with E-state index in [0.29, 0.717) is 55.5 Å². The molecule has 0 unspecified atom stereocenters. The van der Waals surface area contributed by atoms with Crippen LogP contribution in [-0.4, -0.2) is 41.8 Å². The molecule has 1 aliphatic rings. The summed E-state index contributed by atoms with van der Waals surface area (Å²) in [5, 5.41) is 2.98. The Hall–Kier alpha value is -5.68. The maximum absolute atomic E-state index is 14.4. The number of anilines is 1. The Kier molecular flexibility index (Phi) is 9.37. The number of hydrogen-bond donors (Lipinski definition) is 1. The zero-order chi connectivity index (χ0) is 34.8. The molecule has 0 fully saturated rings. The molecule has 3 aromatic carbocycles. The molecule has 0 saturated heterocycles. The van der Waals surface area contributed by atoms with Crippen LogP contribution in [0.1, 0.15) is 52.8 Å². The lowest BCUT2D eigenvalue weighted by Crippen LogP contribution is -2.40. The molecule has 6 rings (SSSR count). The highest BCUT2D eigenvalue weighted by Gasteiger charge is 2.34. The Morgan fingerprint density at radius 3 is 2.37 bits per heavy atom. The predicted molar refractivity (Wildman–Crippen MR) is 190 cm³/mol. The number of nitrogens with zero attached hydrogens (tertiary/aromatic N) is 3. The minimum Gasteiger partial charge on any atom is -0.497 e. The number of methoxy groups -OCH3 is 2. The topological polar surface area (TPSA) is 113 Å². The maximum Gasteiger partial charge on any atom is 0.338 e. The lowest BCUT2D eigenvalue weighted by atomic mass is 9.94. The van der Waals surface area contributed by atoms with E-state index in [1.807, 2.05) is 62.4 Å². The zero-order valence-corrected chi connectivity index (χ0v) is 28.9. The zero-order valence-electron chi connectivity index (χ0n) is 28.1. The number of aromatic nitrogens is 2. The lowest BCUT2D eigenvalue weighted by molar-refractivity contribution is -0.113.